The van der Waals surface area contributed by atoms with Crippen LogP contribution in [0.5, 0.6) is 0 Å². The van der Waals surface area contributed by atoms with Crippen LogP contribution in [-0.4, -0.2) is 42.5 Å². The SMILES string of the molecule is COC(=O)C(NC(=O)OCC1c2ccccc2-c2ccccc21)C1(O)CCCCC1. The van der Waals surface area contributed by atoms with E-state index in [4.69, 9.17) is 9.47 Å². The number of benzene rings is 2. The van der Waals surface area contributed by atoms with Crippen LogP contribution >= 0.6 is 0 Å². The molecule has 2 N–H and O–H groups in total. The second-order valence-electron chi connectivity index (χ2n) is 8.09. The highest BCUT2D eigenvalue weighted by Crippen LogP contribution is 2.44. The zero-order valence-corrected chi connectivity index (χ0v) is 17.1. The smallest absolute Gasteiger partial charge is 0.407 e. The summed E-state index contributed by atoms with van der Waals surface area (Å²) in [6.45, 7) is 0.145. The molecule has 2 aliphatic carbocycles. The molecule has 1 fully saturated rings. The minimum Gasteiger partial charge on any atom is -0.467 e. The molecular formula is C24H27NO5. The zero-order chi connectivity index (χ0) is 21.1. The van der Waals surface area contributed by atoms with Crippen molar-refractivity contribution in [3.63, 3.8) is 0 Å². The minimum absolute atomic E-state index is 0.0718. The molecule has 0 aromatic heterocycles. The van der Waals surface area contributed by atoms with Crippen LogP contribution in [0.4, 0.5) is 4.79 Å². The lowest BCUT2D eigenvalue weighted by Gasteiger charge is -2.37. The van der Waals surface area contributed by atoms with Crippen molar-refractivity contribution in [2.24, 2.45) is 0 Å². The Bertz CT molecular complexity index is 889. The fourth-order valence-electron chi connectivity index (χ4n) is 4.74. The topological polar surface area (TPSA) is 84.9 Å². The first kappa shape index (κ1) is 20.4. The maximum absolute atomic E-state index is 12.6. The number of rotatable bonds is 5. The maximum Gasteiger partial charge on any atom is 0.407 e. The highest BCUT2D eigenvalue weighted by molar-refractivity contribution is 5.83. The maximum atomic E-state index is 12.6. The molecule has 6 heteroatoms. The number of aliphatic hydroxyl groups is 1. The van der Waals surface area contributed by atoms with E-state index in [1.165, 1.54) is 7.11 Å². The normalized spacial score (nSPS) is 18.1. The van der Waals surface area contributed by atoms with Crippen LogP contribution in [0.3, 0.4) is 0 Å². The number of ether oxygens (including phenoxy) is 2. The lowest BCUT2D eigenvalue weighted by atomic mass is 9.79. The van der Waals surface area contributed by atoms with Crippen LogP contribution in [0.25, 0.3) is 11.1 Å². The van der Waals surface area contributed by atoms with E-state index >= 15 is 0 Å². The predicted octanol–water partition coefficient (Wildman–Crippen LogP) is 3.76. The lowest BCUT2D eigenvalue weighted by Crippen LogP contribution is -2.58. The summed E-state index contributed by atoms with van der Waals surface area (Å²) in [4.78, 5) is 24.9. The number of alkyl carbamates (subject to hydrolysis) is 1. The number of carbonyl (C=O) groups is 2. The molecular weight excluding hydrogens is 382 g/mol. The molecule has 0 aliphatic heterocycles. The third-order valence-electron chi connectivity index (χ3n) is 6.30. The third-order valence-corrected chi connectivity index (χ3v) is 6.30. The second kappa shape index (κ2) is 8.48. The first-order valence-electron chi connectivity index (χ1n) is 10.5. The molecule has 30 heavy (non-hydrogen) atoms. The number of hydrogen-bond donors (Lipinski definition) is 2. The molecule has 2 aromatic rings. The van der Waals surface area contributed by atoms with Gasteiger partial charge in [-0.05, 0) is 35.1 Å². The van der Waals surface area contributed by atoms with Gasteiger partial charge < -0.3 is 19.9 Å². The molecule has 0 spiro atoms. The van der Waals surface area contributed by atoms with Gasteiger partial charge in [-0.15, -0.1) is 0 Å². The average molecular weight is 409 g/mol. The summed E-state index contributed by atoms with van der Waals surface area (Å²) in [7, 11) is 1.25. The van der Waals surface area contributed by atoms with Gasteiger partial charge in [0.05, 0.1) is 12.7 Å². The minimum atomic E-state index is -1.31. The van der Waals surface area contributed by atoms with Crippen LogP contribution in [0, 0.1) is 0 Å². The summed E-state index contributed by atoms with van der Waals surface area (Å²) < 4.78 is 10.4. The van der Waals surface area contributed by atoms with E-state index in [0.29, 0.717) is 12.8 Å². The van der Waals surface area contributed by atoms with Gasteiger partial charge in [0.1, 0.15) is 6.61 Å². The molecule has 0 heterocycles. The number of methoxy groups -OCH3 is 1. The van der Waals surface area contributed by atoms with E-state index < -0.39 is 23.7 Å². The van der Waals surface area contributed by atoms with E-state index in [1.54, 1.807) is 0 Å². The average Bonchev–Trinajstić information content (AvgIpc) is 3.10. The van der Waals surface area contributed by atoms with Crippen LogP contribution < -0.4 is 5.32 Å². The van der Waals surface area contributed by atoms with Gasteiger partial charge in [-0.1, -0.05) is 67.8 Å². The summed E-state index contributed by atoms with van der Waals surface area (Å²) in [6, 6.07) is 15.0. The Balaban J connectivity index is 1.47. The Morgan fingerprint density at radius 1 is 1.03 bits per heavy atom. The number of carbonyl (C=O) groups excluding carboxylic acids is 2. The van der Waals surface area contributed by atoms with Crippen molar-refractivity contribution in [3.8, 4) is 11.1 Å². The van der Waals surface area contributed by atoms with E-state index in [1.807, 2.05) is 36.4 Å². The number of hydrogen-bond acceptors (Lipinski definition) is 5. The number of nitrogens with one attached hydrogen (secondary N) is 1. The van der Waals surface area contributed by atoms with Crippen LogP contribution in [0.15, 0.2) is 48.5 Å². The van der Waals surface area contributed by atoms with Crippen molar-refractivity contribution in [3.05, 3.63) is 59.7 Å². The van der Waals surface area contributed by atoms with E-state index in [9.17, 15) is 14.7 Å². The highest BCUT2D eigenvalue weighted by atomic mass is 16.6. The second-order valence-corrected chi connectivity index (χ2v) is 8.09. The van der Waals surface area contributed by atoms with Gasteiger partial charge in [0.25, 0.3) is 0 Å². The monoisotopic (exact) mass is 409 g/mol. The van der Waals surface area contributed by atoms with Crippen molar-refractivity contribution < 1.29 is 24.2 Å². The predicted molar refractivity (Wildman–Crippen MR) is 112 cm³/mol. The molecule has 6 nitrogen and oxygen atoms in total. The van der Waals surface area contributed by atoms with Crippen molar-refractivity contribution >= 4 is 12.1 Å². The Morgan fingerprint density at radius 3 is 2.17 bits per heavy atom. The standard InChI is InChI=1S/C24H27NO5/c1-29-22(26)21(24(28)13-7-2-8-14-24)25-23(27)30-15-20-18-11-5-3-9-16(18)17-10-4-6-12-19(17)20/h3-6,9-12,20-21,28H,2,7-8,13-15H2,1H3,(H,25,27). The molecule has 158 valence electrons. The summed E-state index contributed by atoms with van der Waals surface area (Å²) in [5.41, 5.74) is 3.21. The molecule has 2 aliphatic rings. The number of fused-ring (bicyclic) bond motifs is 3. The summed E-state index contributed by atoms with van der Waals surface area (Å²) in [5, 5.41) is 13.5. The Hall–Kier alpha value is -2.86. The quantitative estimate of drug-likeness (QED) is 0.735. The molecule has 1 unspecified atom stereocenters. The number of esters is 1. The first-order chi connectivity index (χ1) is 14.5. The van der Waals surface area contributed by atoms with Gasteiger partial charge in [0.2, 0.25) is 0 Å². The number of amides is 1. The Labute approximate surface area is 176 Å². The molecule has 1 amide bonds. The Kier molecular flexibility index (Phi) is 5.77. The van der Waals surface area contributed by atoms with Gasteiger partial charge in [0.15, 0.2) is 6.04 Å². The molecule has 4 rings (SSSR count). The Morgan fingerprint density at radius 2 is 1.60 bits per heavy atom. The molecule has 1 atom stereocenters. The van der Waals surface area contributed by atoms with Gasteiger partial charge >= 0.3 is 12.1 Å². The highest BCUT2D eigenvalue weighted by Gasteiger charge is 2.44. The van der Waals surface area contributed by atoms with Crippen molar-refractivity contribution in [2.75, 3.05) is 13.7 Å². The molecule has 0 saturated heterocycles. The van der Waals surface area contributed by atoms with Gasteiger partial charge in [-0.25, -0.2) is 9.59 Å². The van der Waals surface area contributed by atoms with Crippen LogP contribution in [-0.2, 0) is 14.3 Å². The largest absolute Gasteiger partial charge is 0.467 e. The first-order valence-corrected chi connectivity index (χ1v) is 10.5. The van der Waals surface area contributed by atoms with E-state index in [0.717, 1.165) is 41.5 Å². The fourth-order valence-corrected chi connectivity index (χ4v) is 4.74. The van der Waals surface area contributed by atoms with Crippen LogP contribution in [0.1, 0.15) is 49.1 Å². The van der Waals surface area contributed by atoms with Crippen molar-refractivity contribution in [2.45, 2.75) is 49.7 Å². The summed E-state index contributed by atoms with van der Waals surface area (Å²) in [6.07, 6.45) is 2.76. The van der Waals surface area contributed by atoms with E-state index in [-0.39, 0.29) is 12.5 Å². The van der Waals surface area contributed by atoms with Gasteiger partial charge in [-0.2, -0.15) is 0 Å². The molecule has 0 radical (unpaired) electrons. The van der Waals surface area contributed by atoms with Gasteiger partial charge in [-0.3, -0.25) is 0 Å². The third kappa shape index (κ3) is 3.79. The molecule has 1 saturated carbocycles. The van der Waals surface area contributed by atoms with Gasteiger partial charge in [0, 0.05) is 5.92 Å². The van der Waals surface area contributed by atoms with Crippen molar-refractivity contribution in [1.82, 2.24) is 5.32 Å². The summed E-state index contributed by atoms with van der Waals surface area (Å²) >= 11 is 0. The molecule has 2 aromatic carbocycles. The lowest BCUT2D eigenvalue weighted by molar-refractivity contribution is -0.152. The fraction of sp³-hybridized carbons (Fsp3) is 0.417. The summed E-state index contributed by atoms with van der Waals surface area (Å²) in [5.74, 6) is -0.731. The van der Waals surface area contributed by atoms with E-state index in [2.05, 4.69) is 17.4 Å². The van der Waals surface area contributed by atoms with Crippen LogP contribution in [0.2, 0.25) is 0 Å². The van der Waals surface area contributed by atoms with Crippen molar-refractivity contribution in [1.29, 1.82) is 0 Å². The molecule has 0 bridgehead atoms. The zero-order valence-electron chi connectivity index (χ0n) is 17.1.